The Labute approximate surface area is 75.6 Å². The smallest absolute Gasteiger partial charge is 0.0558 e. The third-order valence-electron chi connectivity index (χ3n) is 2.07. The van der Waals surface area contributed by atoms with Gasteiger partial charge in [0.15, 0.2) is 0 Å². The third kappa shape index (κ3) is 4.70. The fourth-order valence-corrected chi connectivity index (χ4v) is 1.16. The Balaban J connectivity index is 3.83. The van der Waals surface area contributed by atoms with Crippen molar-refractivity contribution in [3.63, 3.8) is 0 Å². The van der Waals surface area contributed by atoms with Crippen molar-refractivity contribution in [3.05, 3.63) is 0 Å². The van der Waals surface area contributed by atoms with E-state index >= 15 is 0 Å². The number of nitrogens with two attached hydrogens (primary N) is 1. The van der Waals surface area contributed by atoms with E-state index in [1.807, 2.05) is 0 Å². The van der Waals surface area contributed by atoms with Gasteiger partial charge in [0.2, 0.25) is 0 Å². The van der Waals surface area contributed by atoms with E-state index in [9.17, 15) is 0 Å². The highest BCUT2D eigenvalue weighted by Gasteiger charge is 2.18. The van der Waals surface area contributed by atoms with Crippen LogP contribution in [0.4, 0.5) is 0 Å². The van der Waals surface area contributed by atoms with Gasteiger partial charge in [-0.25, -0.2) is 0 Å². The Morgan fingerprint density at radius 2 is 2.00 bits per heavy atom. The lowest BCUT2D eigenvalue weighted by Crippen LogP contribution is -2.39. The number of hydrogen-bond donors (Lipinski definition) is 2. The molecule has 0 atom stereocenters. The van der Waals surface area contributed by atoms with Crippen molar-refractivity contribution in [1.82, 2.24) is 4.90 Å². The molecule has 0 bridgehead atoms. The van der Waals surface area contributed by atoms with Gasteiger partial charge in [0.25, 0.3) is 0 Å². The van der Waals surface area contributed by atoms with Crippen LogP contribution in [-0.2, 0) is 0 Å². The molecular weight excluding hydrogens is 152 g/mol. The van der Waals surface area contributed by atoms with Gasteiger partial charge in [-0.2, -0.15) is 0 Å². The van der Waals surface area contributed by atoms with Crippen LogP contribution in [0.3, 0.4) is 0 Å². The van der Waals surface area contributed by atoms with E-state index in [0.29, 0.717) is 6.54 Å². The van der Waals surface area contributed by atoms with Gasteiger partial charge < -0.3 is 15.7 Å². The van der Waals surface area contributed by atoms with Gasteiger partial charge >= 0.3 is 0 Å². The number of likely N-dealkylation sites (N-methyl/N-ethyl adjacent to an activating group) is 1. The molecule has 3 N–H and O–H groups in total. The zero-order valence-electron chi connectivity index (χ0n) is 8.51. The highest BCUT2D eigenvalue weighted by Crippen LogP contribution is 2.14. The maximum absolute atomic E-state index is 8.76. The first-order chi connectivity index (χ1) is 5.55. The number of nitrogens with zero attached hydrogens (tertiary/aromatic N) is 1. The van der Waals surface area contributed by atoms with Crippen molar-refractivity contribution < 1.29 is 5.11 Å². The quantitative estimate of drug-likeness (QED) is 0.608. The van der Waals surface area contributed by atoms with Gasteiger partial charge in [0.05, 0.1) is 6.61 Å². The number of aliphatic hydroxyl groups excluding tert-OH is 1. The molecular formula is C9H22N2O. The number of rotatable bonds is 6. The molecule has 0 unspecified atom stereocenters. The van der Waals surface area contributed by atoms with Gasteiger partial charge in [0, 0.05) is 13.1 Å². The van der Waals surface area contributed by atoms with Crippen molar-refractivity contribution in [1.29, 1.82) is 0 Å². The molecule has 0 aromatic heterocycles. The lowest BCUT2D eigenvalue weighted by Gasteiger charge is -2.30. The SMILES string of the molecule is CCN(CCO)CC(C)(C)CN. The first-order valence-corrected chi connectivity index (χ1v) is 4.59. The lowest BCUT2D eigenvalue weighted by atomic mass is 9.93. The molecule has 0 fully saturated rings. The van der Waals surface area contributed by atoms with Crippen molar-refractivity contribution in [2.75, 3.05) is 32.8 Å². The van der Waals surface area contributed by atoms with Crippen LogP contribution in [0.1, 0.15) is 20.8 Å². The van der Waals surface area contributed by atoms with Crippen LogP contribution in [0.5, 0.6) is 0 Å². The molecule has 12 heavy (non-hydrogen) atoms. The molecule has 0 saturated heterocycles. The Morgan fingerprint density at radius 1 is 1.42 bits per heavy atom. The molecule has 0 aromatic carbocycles. The first kappa shape index (κ1) is 11.9. The van der Waals surface area contributed by atoms with Crippen LogP contribution in [-0.4, -0.2) is 42.8 Å². The molecule has 0 amide bonds. The number of hydrogen-bond acceptors (Lipinski definition) is 3. The average molecular weight is 174 g/mol. The molecule has 0 saturated carbocycles. The predicted molar refractivity (Wildman–Crippen MR) is 52.0 cm³/mol. The molecule has 0 radical (unpaired) electrons. The van der Waals surface area contributed by atoms with Crippen molar-refractivity contribution >= 4 is 0 Å². The van der Waals surface area contributed by atoms with E-state index in [1.165, 1.54) is 0 Å². The third-order valence-corrected chi connectivity index (χ3v) is 2.07. The normalized spacial score (nSPS) is 12.5. The Morgan fingerprint density at radius 3 is 2.33 bits per heavy atom. The lowest BCUT2D eigenvalue weighted by molar-refractivity contribution is 0.153. The minimum Gasteiger partial charge on any atom is -0.395 e. The fourth-order valence-electron chi connectivity index (χ4n) is 1.16. The van der Waals surface area contributed by atoms with Crippen LogP contribution in [0.15, 0.2) is 0 Å². The van der Waals surface area contributed by atoms with Crippen LogP contribution in [0.25, 0.3) is 0 Å². The van der Waals surface area contributed by atoms with Crippen molar-refractivity contribution in [3.8, 4) is 0 Å². The van der Waals surface area contributed by atoms with Gasteiger partial charge in [0.1, 0.15) is 0 Å². The summed E-state index contributed by atoms with van der Waals surface area (Å²) in [7, 11) is 0. The zero-order chi connectivity index (χ0) is 9.61. The summed E-state index contributed by atoms with van der Waals surface area (Å²) < 4.78 is 0. The summed E-state index contributed by atoms with van der Waals surface area (Å²) in [6, 6.07) is 0. The maximum Gasteiger partial charge on any atom is 0.0558 e. The molecule has 0 aliphatic carbocycles. The van der Waals surface area contributed by atoms with E-state index < -0.39 is 0 Å². The highest BCUT2D eigenvalue weighted by atomic mass is 16.3. The summed E-state index contributed by atoms with van der Waals surface area (Å²) in [6.07, 6.45) is 0. The minimum absolute atomic E-state index is 0.158. The van der Waals surface area contributed by atoms with Crippen molar-refractivity contribution in [2.45, 2.75) is 20.8 Å². The topological polar surface area (TPSA) is 49.5 Å². The molecule has 0 aliphatic rings. The second-order valence-electron chi connectivity index (χ2n) is 3.96. The molecule has 3 heteroatoms. The summed E-state index contributed by atoms with van der Waals surface area (Å²) in [5.74, 6) is 0. The van der Waals surface area contributed by atoms with E-state index in [0.717, 1.165) is 19.6 Å². The van der Waals surface area contributed by atoms with Crippen LogP contribution in [0.2, 0.25) is 0 Å². The highest BCUT2D eigenvalue weighted by molar-refractivity contribution is 4.73. The van der Waals surface area contributed by atoms with Gasteiger partial charge in [-0.1, -0.05) is 20.8 Å². The van der Waals surface area contributed by atoms with Gasteiger partial charge in [-0.15, -0.1) is 0 Å². The van der Waals surface area contributed by atoms with Gasteiger partial charge in [-0.3, -0.25) is 0 Å². The zero-order valence-corrected chi connectivity index (χ0v) is 8.51. The van der Waals surface area contributed by atoms with E-state index in [2.05, 4.69) is 25.7 Å². The summed E-state index contributed by atoms with van der Waals surface area (Å²) in [4.78, 5) is 2.22. The van der Waals surface area contributed by atoms with Gasteiger partial charge in [-0.05, 0) is 18.5 Å². The first-order valence-electron chi connectivity index (χ1n) is 4.59. The maximum atomic E-state index is 8.76. The van der Waals surface area contributed by atoms with Crippen molar-refractivity contribution in [2.24, 2.45) is 11.1 Å². The monoisotopic (exact) mass is 174 g/mol. The average Bonchev–Trinajstić information content (AvgIpc) is 2.03. The molecule has 0 aliphatic heterocycles. The molecule has 0 spiro atoms. The molecule has 0 rings (SSSR count). The Hall–Kier alpha value is -0.120. The molecule has 74 valence electrons. The second kappa shape index (κ2) is 5.51. The standard InChI is InChI=1S/C9H22N2O/c1-4-11(5-6-12)8-9(2,3)7-10/h12H,4-8,10H2,1-3H3. The summed E-state index contributed by atoms with van der Waals surface area (Å²) in [5, 5.41) is 8.76. The largest absolute Gasteiger partial charge is 0.395 e. The summed E-state index contributed by atoms with van der Waals surface area (Å²) in [5.41, 5.74) is 5.77. The Bertz CT molecular complexity index is 115. The van der Waals surface area contributed by atoms with Crippen LogP contribution in [0, 0.1) is 5.41 Å². The molecule has 0 heterocycles. The van der Waals surface area contributed by atoms with E-state index in [-0.39, 0.29) is 12.0 Å². The molecule has 0 aromatic rings. The molecule has 3 nitrogen and oxygen atoms in total. The van der Waals surface area contributed by atoms with E-state index in [1.54, 1.807) is 0 Å². The van der Waals surface area contributed by atoms with Crippen LogP contribution >= 0.6 is 0 Å². The van der Waals surface area contributed by atoms with Crippen LogP contribution < -0.4 is 5.73 Å². The Kier molecular flexibility index (Phi) is 5.46. The van der Waals surface area contributed by atoms with E-state index in [4.69, 9.17) is 10.8 Å². The minimum atomic E-state index is 0.158. The fraction of sp³-hybridized carbons (Fsp3) is 1.00. The number of aliphatic hydroxyl groups is 1. The predicted octanol–water partition coefficient (Wildman–Crippen LogP) is 0.285. The second-order valence-corrected chi connectivity index (χ2v) is 3.96. The summed E-state index contributed by atoms with van der Waals surface area (Å²) in [6.45, 7) is 10.00. The summed E-state index contributed by atoms with van der Waals surface area (Å²) >= 11 is 0.